The second kappa shape index (κ2) is 5.33. The molecule has 18 heavy (non-hydrogen) atoms. The van der Waals surface area contributed by atoms with Crippen molar-refractivity contribution >= 4 is 0 Å². The van der Waals surface area contributed by atoms with Crippen molar-refractivity contribution in [3.05, 3.63) is 52.8 Å². The lowest BCUT2D eigenvalue weighted by molar-refractivity contribution is 0.0655. The largest absolute Gasteiger partial charge is 0.297 e. The van der Waals surface area contributed by atoms with Crippen LogP contribution in [0, 0.1) is 13.8 Å². The monoisotopic (exact) mass is 245 g/mol. The lowest BCUT2D eigenvalue weighted by Gasteiger charge is -2.10. The molecule has 1 heterocycles. The van der Waals surface area contributed by atoms with E-state index in [1.807, 2.05) is 43.7 Å². The highest BCUT2D eigenvalue weighted by molar-refractivity contribution is 5.28. The molecular weight excluding hydrogens is 226 g/mol. The molecule has 1 atom stereocenters. The Balaban J connectivity index is 2.30. The van der Waals surface area contributed by atoms with E-state index in [1.165, 1.54) is 5.56 Å². The van der Waals surface area contributed by atoms with Crippen molar-refractivity contribution in [1.82, 2.24) is 9.78 Å². The van der Waals surface area contributed by atoms with Gasteiger partial charge in [0, 0.05) is 11.3 Å². The molecule has 0 amide bonds. The molecule has 2 N–H and O–H groups in total. The fourth-order valence-electron chi connectivity index (χ4n) is 2.28. The molecule has 0 radical (unpaired) electrons. The van der Waals surface area contributed by atoms with Gasteiger partial charge in [0.1, 0.15) is 6.10 Å². The van der Waals surface area contributed by atoms with Crippen LogP contribution >= 0.6 is 0 Å². The van der Waals surface area contributed by atoms with Crippen molar-refractivity contribution in [1.29, 1.82) is 0 Å². The van der Waals surface area contributed by atoms with Gasteiger partial charge in [0.05, 0.1) is 12.2 Å². The molecule has 0 saturated heterocycles. The van der Waals surface area contributed by atoms with E-state index in [-0.39, 0.29) is 6.10 Å². The Morgan fingerprint density at radius 3 is 2.56 bits per heavy atom. The summed E-state index contributed by atoms with van der Waals surface area (Å²) in [5.74, 6) is 5.27. The number of hydrogen-bond acceptors (Lipinski definition) is 3. The predicted molar refractivity (Wildman–Crippen MR) is 70.9 cm³/mol. The Morgan fingerprint density at radius 1 is 1.28 bits per heavy atom. The molecular formula is C14H19N3O. The van der Waals surface area contributed by atoms with E-state index in [9.17, 15) is 0 Å². The first-order valence-corrected chi connectivity index (χ1v) is 6.07. The van der Waals surface area contributed by atoms with Gasteiger partial charge in [-0.2, -0.15) is 5.10 Å². The van der Waals surface area contributed by atoms with Gasteiger partial charge in [-0.1, -0.05) is 30.3 Å². The van der Waals surface area contributed by atoms with Crippen LogP contribution in [0.3, 0.4) is 0 Å². The molecule has 2 aromatic rings. The van der Waals surface area contributed by atoms with Crippen LogP contribution in [0.5, 0.6) is 0 Å². The number of aromatic nitrogens is 2. The first kappa shape index (κ1) is 12.8. The Morgan fingerprint density at radius 2 is 1.94 bits per heavy atom. The summed E-state index contributed by atoms with van der Waals surface area (Å²) in [5.41, 5.74) is 4.39. The molecule has 4 heteroatoms. The van der Waals surface area contributed by atoms with Gasteiger partial charge in [0.15, 0.2) is 0 Å². The van der Waals surface area contributed by atoms with Crippen molar-refractivity contribution in [2.75, 3.05) is 0 Å². The van der Waals surface area contributed by atoms with Crippen LogP contribution in [-0.4, -0.2) is 9.78 Å². The quantitative estimate of drug-likeness (QED) is 0.842. The lowest BCUT2D eigenvalue weighted by Crippen LogP contribution is -2.08. The number of nitrogens with two attached hydrogens (primary N) is 1. The van der Waals surface area contributed by atoms with Gasteiger partial charge < -0.3 is 0 Å². The molecule has 0 fully saturated rings. The molecule has 2 rings (SSSR count). The minimum atomic E-state index is -0.130. The number of nitrogens with zero attached hydrogens (tertiary/aromatic N) is 2. The van der Waals surface area contributed by atoms with Crippen LogP contribution in [-0.2, 0) is 11.4 Å². The standard InChI is InChI=1S/C14H19N3O/c1-10-14(12(3)18-15)11(2)17(16-10)9-13-7-5-4-6-8-13/h4-8,12H,9,15H2,1-3H3. The zero-order valence-electron chi connectivity index (χ0n) is 11.1. The summed E-state index contributed by atoms with van der Waals surface area (Å²) in [4.78, 5) is 4.91. The maximum absolute atomic E-state index is 5.27. The van der Waals surface area contributed by atoms with Gasteiger partial charge in [-0.05, 0) is 26.3 Å². The minimum Gasteiger partial charge on any atom is -0.297 e. The summed E-state index contributed by atoms with van der Waals surface area (Å²) in [6.07, 6.45) is -0.130. The average molecular weight is 245 g/mol. The normalized spacial score (nSPS) is 12.7. The topological polar surface area (TPSA) is 53.1 Å². The van der Waals surface area contributed by atoms with Crippen LogP contribution in [0.25, 0.3) is 0 Å². The van der Waals surface area contributed by atoms with Crippen LogP contribution in [0.1, 0.15) is 35.5 Å². The highest BCUT2D eigenvalue weighted by Gasteiger charge is 2.17. The van der Waals surface area contributed by atoms with Gasteiger partial charge >= 0.3 is 0 Å². The Labute approximate surface area is 107 Å². The lowest BCUT2D eigenvalue weighted by atomic mass is 10.1. The number of aryl methyl sites for hydroxylation is 1. The molecule has 1 unspecified atom stereocenters. The van der Waals surface area contributed by atoms with Crippen molar-refractivity contribution in [2.45, 2.75) is 33.4 Å². The van der Waals surface area contributed by atoms with Crippen LogP contribution in [0.2, 0.25) is 0 Å². The van der Waals surface area contributed by atoms with Crippen LogP contribution < -0.4 is 5.90 Å². The molecule has 0 saturated carbocycles. The summed E-state index contributed by atoms with van der Waals surface area (Å²) in [7, 11) is 0. The van der Waals surface area contributed by atoms with E-state index in [0.29, 0.717) is 0 Å². The highest BCUT2D eigenvalue weighted by atomic mass is 16.6. The van der Waals surface area contributed by atoms with Crippen molar-refractivity contribution in [3.63, 3.8) is 0 Å². The first-order valence-electron chi connectivity index (χ1n) is 6.07. The van der Waals surface area contributed by atoms with Gasteiger partial charge in [0.2, 0.25) is 0 Å². The third-order valence-corrected chi connectivity index (χ3v) is 3.22. The summed E-state index contributed by atoms with van der Waals surface area (Å²) in [6, 6.07) is 10.3. The molecule has 96 valence electrons. The maximum atomic E-state index is 5.27. The number of benzene rings is 1. The molecule has 0 aliphatic heterocycles. The van der Waals surface area contributed by atoms with E-state index in [4.69, 9.17) is 10.7 Å². The van der Waals surface area contributed by atoms with E-state index in [0.717, 1.165) is 23.5 Å². The second-order valence-corrected chi connectivity index (χ2v) is 4.51. The second-order valence-electron chi connectivity index (χ2n) is 4.51. The van der Waals surface area contributed by atoms with Crippen LogP contribution in [0.4, 0.5) is 0 Å². The fraction of sp³-hybridized carbons (Fsp3) is 0.357. The summed E-state index contributed by atoms with van der Waals surface area (Å²) in [6.45, 7) is 6.74. The SMILES string of the molecule is Cc1nn(Cc2ccccc2)c(C)c1C(C)ON. The molecule has 4 nitrogen and oxygen atoms in total. The van der Waals surface area contributed by atoms with Crippen molar-refractivity contribution in [3.8, 4) is 0 Å². The zero-order valence-corrected chi connectivity index (χ0v) is 11.1. The molecule has 1 aromatic heterocycles. The first-order chi connectivity index (χ1) is 8.63. The Kier molecular flexibility index (Phi) is 3.79. The minimum absolute atomic E-state index is 0.130. The zero-order chi connectivity index (χ0) is 13.1. The van der Waals surface area contributed by atoms with E-state index in [1.54, 1.807) is 0 Å². The van der Waals surface area contributed by atoms with Gasteiger partial charge in [-0.3, -0.25) is 9.52 Å². The summed E-state index contributed by atoms with van der Waals surface area (Å²) < 4.78 is 2.00. The van der Waals surface area contributed by atoms with Gasteiger partial charge in [0.25, 0.3) is 0 Å². The van der Waals surface area contributed by atoms with Crippen molar-refractivity contribution in [2.24, 2.45) is 5.90 Å². The van der Waals surface area contributed by atoms with E-state index in [2.05, 4.69) is 17.2 Å². The Hall–Kier alpha value is -1.65. The molecule has 1 aromatic carbocycles. The number of rotatable bonds is 4. The molecule has 0 aliphatic rings. The Bertz CT molecular complexity index is 519. The van der Waals surface area contributed by atoms with Gasteiger partial charge in [-0.15, -0.1) is 0 Å². The molecule has 0 spiro atoms. The average Bonchev–Trinajstić information content (AvgIpc) is 2.65. The maximum Gasteiger partial charge on any atom is 0.104 e. The van der Waals surface area contributed by atoms with E-state index >= 15 is 0 Å². The third-order valence-electron chi connectivity index (χ3n) is 3.22. The molecule has 0 aliphatic carbocycles. The fourth-order valence-corrected chi connectivity index (χ4v) is 2.28. The van der Waals surface area contributed by atoms with E-state index < -0.39 is 0 Å². The van der Waals surface area contributed by atoms with Crippen molar-refractivity contribution < 1.29 is 4.84 Å². The predicted octanol–water partition coefficient (Wildman–Crippen LogP) is 2.50. The summed E-state index contributed by atoms with van der Waals surface area (Å²) >= 11 is 0. The third kappa shape index (κ3) is 2.44. The molecule has 0 bridgehead atoms. The smallest absolute Gasteiger partial charge is 0.104 e. The highest BCUT2D eigenvalue weighted by Crippen LogP contribution is 2.23. The summed E-state index contributed by atoms with van der Waals surface area (Å²) in [5, 5.41) is 4.56. The van der Waals surface area contributed by atoms with Gasteiger partial charge in [-0.25, -0.2) is 5.90 Å². The number of hydrogen-bond donors (Lipinski definition) is 1. The van der Waals surface area contributed by atoms with Crippen LogP contribution in [0.15, 0.2) is 30.3 Å².